The standard InChI is InChI=1S/C12H16N2S/c1-3-4-8-11(14-13)10-7-5-6-9-12(10)15-2/h5-7,9,11,14H,8,13H2,1-2H3. The Labute approximate surface area is 95.6 Å². The second kappa shape index (κ2) is 6.52. The molecular formula is C12H16N2S. The highest BCUT2D eigenvalue weighted by Gasteiger charge is 2.11. The molecule has 0 aliphatic rings. The van der Waals surface area contributed by atoms with Gasteiger partial charge in [-0.1, -0.05) is 18.2 Å². The van der Waals surface area contributed by atoms with Crippen molar-refractivity contribution >= 4 is 11.8 Å². The summed E-state index contributed by atoms with van der Waals surface area (Å²) in [7, 11) is 0. The topological polar surface area (TPSA) is 38.0 Å². The van der Waals surface area contributed by atoms with Crippen molar-refractivity contribution in [3.8, 4) is 11.8 Å². The van der Waals surface area contributed by atoms with Crippen LogP contribution in [0.2, 0.25) is 0 Å². The first-order chi connectivity index (χ1) is 7.33. The third-order valence-electron chi connectivity index (χ3n) is 2.20. The van der Waals surface area contributed by atoms with Crippen molar-refractivity contribution in [2.75, 3.05) is 6.26 Å². The van der Waals surface area contributed by atoms with E-state index in [9.17, 15) is 0 Å². The van der Waals surface area contributed by atoms with Crippen molar-refractivity contribution in [2.24, 2.45) is 5.84 Å². The van der Waals surface area contributed by atoms with Crippen LogP contribution in [0.15, 0.2) is 29.2 Å². The first-order valence-corrected chi connectivity index (χ1v) is 6.04. The zero-order valence-electron chi connectivity index (χ0n) is 9.08. The van der Waals surface area contributed by atoms with Gasteiger partial charge >= 0.3 is 0 Å². The Balaban J connectivity index is 2.93. The Bertz CT molecular complexity index is 365. The molecule has 0 saturated carbocycles. The molecule has 1 atom stereocenters. The summed E-state index contributed by atoms with van der Waals surface area (Å²) in [6, 6.07) is 8.37. The van der Waals surface area contributed by atoms with Crippen LogP contribution >= 0.6 is 11.8 Å². The van der Waals surface area contributed by atoms with Gasteiger partial charge in [-0.25, -0.2) is 0 Å². The SMILES string of the molecule is CC#CCC(NN)c1ccccc1SC. The van der Waals surface area contributed by atoms with E-state index in [0.29, 0.717) is 0 Å². The first-order valence-electron chi connectivity index (χ1n) is 4.82. The molecule has 3 heteroatoms. The molecular weight excluding hydrogens is 204 g/mol. The van der Waals surface area contributed by atoms with E-state index < -0.39 is 0 Å². The van der Waals surface area contributed by atoms with Gasteiger partial charge < -0.3 is 0 Å². The second-order valence-electron chi connectivity index (χ2n) is 3.09. The van der Waals surface area contributed by atoms with Crippen molar-refractivity contribution < 1.29 is 0 Å². The van der Waals surface area contributed by atoms with Crippen LogP contribution < -0.4 is 11.3 Å². The highest BCUT2D eigenvalue weighted by atomic mass is 32.2. The lowest BCUT2D eigenvalue weighted by Gasteiger charge is -2.16. The smallest absolute Gasteiger partial charge is 0.0580 e. The lowest BCUT2D eigenvalue weighted by atomic mass is 10.0. The minimum atomic E-state index is 0.112. The lowest BCUT2D eigenvalue weighted by molar-refractivity contribution is 0.560. The number of nitrogens with one attached hydrogen (secondary N) is 1. The van der Waals surface area contributed by atoms with E-state index in [4.69, 9.17) is 5.84 Å². The fourth-order valence-electron chi connectivity index (χ4n) is 1.42. The predicted molar refractivity (Wildman–Crippen MR) is 66.4 cm³/mol. The van der Waals surface area contributed by atoms with Crippen molar-refractivity contribution in [3.63, 3.8) is 0 Å². The number of hydrogen-bond donors (Lipinski definition) is 2. The van der Waals surface area contributed by atoms with E-state index in [0.717, 1.165) is 6.42 Å². The molecule has 0 saturated heterocycles. The molecule has 0 aromatic heterocycles. The van der Waals surface area contributed by atoms with E-state index in [1.54, 1.807) is 11.8 Å². The largest absolute Gasteiger partial charge is 0.271 e. The summed E-state index contributed by atoms with van der Waals surface area (Å²) < 4.78 is 0. The van der Waals surface area contributed by atoms with Gasteiger partial charge in [-0.05, 0) is 24.8 Å². The Hall–Kier alpha value is -0.950. The molecule has 0 aliphatic carbocycles. The minimum absolute atomic E-state index is 0.112. The van der Waals surface area contributed by atoms with Gasteiger partial charge in [0.2, 0.25) is 0 Å². The number of benzene rings is 1. The quantitative estimate of drug-likeness (QED) is 0.354. The van der Waals surface area contributed by atoms with Crippen LogP contribution in [0, 0.1) is 11.8 Å². The lowest BCUT2D eigenvalue weighted by Crippen LogP contribution is -2.28. The molecule has 0 aliphatic heterocycles. The molecule has 0 fully saturated rings. The molecule has 1 unspecified atom stereocenters. The van der Waals surface area contributed by atoms with Crippen LogP contribution in [0.1, 0.15) is 24.9 Å². The molecule has 0 spiro atoms. The van der Waals surface area contributed by atoms with Crippen LogP contribution in [0.25, 0.3) is 0 Å². The molecule has 1 rings (SSSR count). The summed E-state index contributed by atoms with van der Waals surface area (Å²) in [5, 5.41) is 0. The zero-order chi connectivity index (χ0) is 11.1. The van der Waals surface area contributed by atoms with Crippen LogP contribution in [0.3, 0.4) is 0 Å². The minimum Gasteiger partial charge on any atom is -0.271 e. The van der Waals surface area contributed by atoms with E-state index >= 15 is 0 Å². The van der Waals surface area contributed by atoms with Gasteiger partial charge in [-0.3, -0.25) is 11.3 Å². The Morgan fingerprint density at radius 3 is 2.80 bits per heavy atom. The summed E-state index contributed by atoms with van der Waals surface area (Å²) in [5.74, 6) is 11.5. The van der Waals surface area contributed by atoms with Crippen LogP contribution in [0.4, 0.5) is 0 Å². The zero-order valence-corrected chi connectivity index (χ0v) is 9.90. The monoisotopic (exact) mass is 220 g/mol. The van der Waals surface area contributed by atoms with Gasteiger partial charge in [-0.15, -0.1) is 23.6 Å². The summed E-state index contributed by atoms with van der Waals surface area (Å²) >= 11 is 1.73. The first kappa shape index (κ1) is 12.1. The maximum absolute atomic E-state index is 5.54. The number of thioether (sulfide) groups is 1. The van der Waals surface area contributed by atoms with E-state index in [2.05, 4.69) is 35.7 Å². The average molecular weight is 220 g/mol. The molecule has 0 heterocycles. The molecule has 1 aromatic carbocycles. The summed E-state index contributed by atoms with van der Waals surface area (Å²) in [4.78, 5) is 1.25. The van der Waals surface area contributed by atoms with Gasteiger partial charge in [0.05, 0.1) is 6.04 Å². The second-order valence-corrected chi connectivity index (χ2v) is 3.94. The Kier molecular flexibility index (Phi) is 5.27. The van der Waals surface area contributed by atoms with Crippen molar-refractivity contribution in [1.29, 1.82) is 0 Å². The fourth-order valence-corrected chi connectivity index (χ4v) is 2.08. The highest BCUT2D eigenvalue weighted by molar-refractivity contribution is 7.98. The molecule has 0 amide bonds. The van der Waals surface area contributed by atoms with Gasteiger partial charge in [0.1, 0.15) is 0 Å². The third-order valence-corrected chi connectivity index (χ3v) is 3.01. The molecule has 80 valence electrons. The number of rotatable bonds is 4. The predicted octanol–water partition coefficient (Wildman–Crippen LogP) is 2.33. The van der Waals surface area contributed by atoms with E-state index in [1.807, 2.05) is 19.1 Å². The molecule has 15 heavy (non-hydrogen) atoms. The number of nitrogens with two attached hydrogens (primary N) is 1. The van der Waals surface area contributed by atoms with Gasteiger partial charge in [0.15, 0.2) is 0 Å². The van der Waals surface area contributed by atoms with Crippen LogP contribution in [-0.4, -0.2) is 6.26 Å². The van der Waals surface area contributed by atoms with Crippen molar-refractivity contribution in [2.45, 2.75) is 24.3 Å². The van der Waals surface area contributed by atoms with Gasteiger partial charge in [0, 0.05) is 11.3 Å². The summed E-state index contributed by atoms with van der Waals surface area (Å²) in [6.07, 6.45) is 2.81. The normalized spacial score (nSPS) is 11.7. The molecule has 0 radical (unpaired) electrons. The van der Waals surface area contributed by atoms with Gasteiger partial charge in [0.25, 0.3) is 0 Å². The van der Waals surface area contributed by atoms with Crippen LogP contribution in [0.5, 0.6) is 0 Å². The average Bonchev–Trinajstić information content (AvgIpc) is 2.30. The highest BCUT2D eigenvalue weighted by Crippen LogP contribution is 2.26. The molecule has 3 N–H and O–H groups in total. The number of hydrazine groups is 1. The third kappa shape index (κ3) is 3.28. The molecule has 0 bridgehead atoms. The Morgan fingerprint density at radius 1 is 1.47 bits per heavy atom. The van der Waals surface area contributed by atoms with Crippen molar-refractivity contribution in [3.05, 3.63) is 29.8 Å². The Morgan fingerprint density at radius 2 is 2.20 bits per heavy atom. The molecule has 1 aromatic rings. The van der Waals surface area contributed by atoms with E-state index in [-0.39, 0.29) is 6.04 Å². The number of hydrogen-bond acceptors (Lipinski definition) is 3. The summed E-state index contributed by atoms with van der Waals surface area (Å²) in [6.45, 7) is 1.84. The van der Waals surface area contributed by atoms with Crippen LogP contribution in [-0.2, 0) is 0 Å². The van der Waals surface area contributed by atoms with Gasteiger partial charge in [-0.2, -0.15) is 0 Å². The maximum Gasteiger partial charge on any atom is 0.0580 e. The molecule has 2 nitrogen and oxygen atoms in total. The van der Waals surface area contributed by atoms with E-state index in [1.165, 1.54) is 10.5 Å². The fraction of sp³-hybridized carbons (Fsp3) is 0.333. The maximum atomic E-state index is 5.54. The summed E-state index contributed by atoms with van der Waals surface area (Å²) in [5.41, 5.74) is 4.03. The van der Waals surface area contributed by atoms with Crippen molar-refractivity contribution in [1.82, 2.24) is 5.43 Å².